The molecule has 2 N–H and O–H groups in total. The van der Waals surface area contributed by atoms with Crippen LogP contribution in [-0.2, 0) is 25.5 Å². The number of carboxylic acid groups (broad SMARTS) is 1. The average Bonchev–Trinajstić information content (AvgIpc) is 3.24. The lowest BCUT2D eigenvalue weighted by atomic mass is 9.99. The monoisotopic (exact) mass is 480 g/mol. The van der Waals surface area contributed by atoms with E-state index in [2.05, 4.69) is 5.32 Å². The number of likely N-dealkylation sites (tertiary alicyclic amines) is 1. The van der Waals surface area contributed by atoms with Crippen molar-refractivity contribution in [1.29, 1.82) is 0 Å². The molecule has 32 heavy (non-hydrogen) atoms. The first kappa shape index (κ1) is 24.9. The summed E-state index contributed by atoms with van der Waals surface area (Å²) in [7, 11) is 0. The van der Waals surface area contributed by atoms with Crippen molar-refractivity contribution in [2.45, 2.75) is 61.7 Å². The zero-order valence-electron chi connectivity index (χ0n) is 18.6. The topological polar surface area (TPSA) is 95.9 Å². The van der Waals surface area contributed by atoms with Gasteiger partial charge in [0.05, 0.1) is 16.7 Å². The summed E-state index contributed by atoms with van der Waals surface area (Å²) in [4.78, 5) is 39.3. The number of aliphatic carboxylic acids is 1. The highest BCUT2D eigenvalue weighted by molar-refractivity contribution is 8.21. The summed E-state index contributed by atoms with van der Waals surface area (Å²) < 4.78 is 5.11. The number of esters is 1. The number of piperidine rings is 1. The molecule has 2 heterocycles. The molecule has 2 fully saturated rings. The molecular weight excluding hydrogens is 448 g/mol. The van der Waals surface area contributed by atoms with E-state index in [1.54, 1.807) is 13.8 Å². The van der Waals surface area contributed by atoms with Gasteiger partial charge in [-0.2, -0.15) is 0 Å². The van der Waals surface area contributed by atoms with E-state index in [1.165, 1.54) is 4.90 Å². The first-order valence-corrected chi connectivity index (χ1v) is 13.1. The van der Waals surface area contributed by atoms with Crippen LogP contribution in [0.2, 0.25) is 0 Å². The Bertz CT molecular complexity index is 801. The molecule has 3 rings (SSSR count). The normalized spacial score (nSPS) is 21.8. The highest BCUT2D eigenvalue weighted by Crippen LogP contribution is 2.50. The second-order valence-electron chi connectivity index (χ2n) is 8.18. The lowest BCUT2D eigenvalue weighted by Gasteiger charge is -2.43. The van der Waals surface area contributed by atoms with Crippen LogP contribution in [0.25, 0.3) is 0 Å². The molecule has 1 amide bonds. The smallest absolute Gasteiger partial charge is 0.326 e. The van der Waals surface area contributed by atoms with E-state index < -0.39 is 30.1 Å². The van der Waals surface area contributed by atoms with Gasteiger partial charge in [0.2, 0.25) is 5.91 Å². The third-order valence-electron chi connectivity index (χ3n) is 5.93. The van der Waals surface area contributed by atoms with Crippen LogP contribution in [0.4, 0.5) is 0 Å². The molecule has 0 bridgehead atoms. The predicted octanol–water partition coefficient (Wildman–Crippen LogP) is 2.78. The molecule has 0 aromatic heterocycles. The van der Waals surface area contributed by atoms with Gasteiger partial charge in [0, 0.05) is 18.1 Å². The van der Waals surface area contributed by atoms with Gasteiger partial charge < -0.3 is 14.7 Å². The number of amides is 1. The van der Waals surface area contributed by atoms with E-state index in [1.807, 2.05) is 53.9 Å². The van der Waals surface area contributed by atoms with Crippen molar-refractivity contribution < 1.29 is 24.2 Å². The second-order valence-corrected chi connectivity index (χ2v) is 11.4. The fraction of sp³-hybridized carbons (Fsp3) is 0.609. The molecule has 3 atom stereocenters. The standard InChI is InChI=1S/C23H32N2O5S2/c1-3-30-22(29)18(10-9-17-7-5-4-6-8-17)24-16(2)20(26)25-15-23(31-13-14-32-23)12-11-19(25)21(27)28/h4-8,16,18-19,24H,3,9-15H2,1-2H3,(H,27,28)/t16-,18?,19-/m0/s1. The number of ether oxygens (including phenoxy) is 1. The molecule has 1 aromatic rings. The Hall–Kier alpha value is -1.71. The molecule has 0 radical (unpaired) electrons. The Morgan fingerprint density at radius 2 is 1.94 bits per heavy atom. The van der Waals surface area contributed by atoms with Crippen LogP contribution in [0.1, 0.15) is 38.7 Å². The number of rotatable bonds is 9. The van der Waals surface area contributed by atoms with Gasteiger partial charge in [-0.3, -0.25) is 14.9 Å². The maximum absolute atomic E-state index is 13.4. The van der Waals surface area contributed by atoms with Gasteiger partial charge >= 0.3 is 11.9 Å². The summed E-state index contributed by atoms with van der Waals surface area (Å²) in [5.74, 6) is 0.388. The van der Waals surface area contributed by atoms with Gasteiger partial charge in [0.25, 0.3) is 0 Å². The predicted molar refractivity (Wildman–Crippen MR) is 128 cm³/mol. The van der Waals surface area contributed by atoms with Gasteiger partial charge in [0.15, 0.2) is 0 Å². The number of carbonyl (C=O) groups excluding carboxylic acids is 2. The number of benzene rings is 1. The largest absolute Gasteiger partial charge is 0.480 e. The first-order valence-electron chi connectivity index (χ1n) is 11.1. The van der Waals surface area contributed by atoms with Crippen molar-refractivity contribution in [2.75, 3.05) is 24.7 Å². The van der Waals surface area contributed by atoms with E-state index in [0.29, 0.717) is 25.8 Å². The van der Waals surface area contributed by atoms with E-state index in [4.69, 9.17) is 4.74 Å². The molecule has 1 unspecified atom stereocenters. The molecule has 2 saturated heterocycles. The van der Waals surface area contributed by atoms with Crippen molar-refractivity contribution >= 4 is 41.4 Å². The summed E-state index contributed by atoms with van der Waals surface area (Å²) >= 11 is 3.65. The van der Waals surface area contributed by atoms with Crippen molar-refractivity contribution in [3.8, 4) is 0 Å². The number of nitrogens with one attached hydrogen (secondary N) is 1. The molecule has 7 nitrogen and oxygen atoms in total. The van der Waals surface area contributed by atoms with Crippen LogP contribution in [0, 0.1) is 0 Å². The quantitative estimate of drug-likeness (QED) is 0.521. The number of nitrogens with zero attached hydrogens (tertiary/aromatic N) is 1. The third-order valence-corrected chi connectivity index (χ3v) is 9.43. The minimum Gasteiger partial charge on any atom is -0.480 e. The lowest BCUT2D eigenvalue weighted by Crippen LogP contribution is -2.60. The van der Waals surface area contributed by atoms with E-state index in [-0.39, 0.29) is 16.6 Å². The minimum atomic E-state index is -0.973. The Morgan fingerprint density at radius 1 is 1.25 bits per heavy atom. The van der Waals surface area contributed by atoms with Gasteiger partial charge in [-0.25, -0.2) is 4.79 Å². The second kappa shape index (κ2) is 11.4. The highest BCUT2D eigenvalue weighted by Gasteiger charge is 2.47. The number of hydrogen-bond acceptors (Lipinski definition) is 7. The number of aryl methyl sites for hydroxylation is 1. The van der Waals surface area contributed by atoms with Gasteiger partial charge in [-0.05, 0) is 45.1 Å². The number of carboxylic acids is 1. The van der Waals surface area contributed by atoms with Crippen LogP contribution in [-0.4, -0.2) is 74.7 Å². The summed E-state index contributed by atoms with van der Waals surface area (Å²) in [5, 5.41) is 12.9. The molecule has 2 aliphatic rings. The summed E-state index contributed by atoms with van der Waals surface area (Å²) in [6, 6.07) is 7.66. The molecule has 9 heteroatoms. The summed E-state index contributed by atoms with van der Waals surface area (Å²) in [5.41, 5.74) is 1.10. The summed E-state index contributed by atoms with van der Waals surface area (Å²) in [6.45, 7) is 4.13. The van der Waals surface area contributed by atoms with E-state index in [0.717, 1.165) is 23.5 Å². The maximum Gasteiger partial charge on any atom is 0.326 e. The number of carbonyl (C=O) groups is 3. The number of thioether (sulfide) groups is 2. The van der Waals surface area contributed by atoms with Gasteiger partial charge in [-0.1, -0.05) is 30.3 Å². The number of hydrogen-bond donors (Lipinski definition) is 2. The van der Waals surface area contributed by atoms with Crippen molar-refractivity contribution in [2.24, 2.45) is 0 Å². The van der Waals surface area contributed by atoms with Crippen molar-refractivity contribution in [3.63, 3.8) is 0 Å². The molecule has 2 aliphatic heterocycles. The highest BCUT2D eigenvalue weighted by atomic mass is 32.2. The molecular formula is C23H32N2O5S2. The lowest BCUT2D eigenvalue weighted by molar-refractivity contribution is -0.153. The third kappa shape index (κ3) is 6.20. The van der Waals surface area contributed by atoms with Crippen LogP contribution >= 0.6 is 23.5 Å². The molecule has 1 spiro atoms. The molecule has 176 valence electrons. The van der Waals surface area contributed by atoms with E-state index in [9.17, 15) is 19.5 Å². The Morgan fingerprint density at radius 3 is 2.56 bits per heavy atom. The van der Waals surface area contributed by atoms with Gasteiger partial charge in [0.1, 0.15) is 12.1 Å². The van der Waals surface area contributed by atoms with Crippen molar-refractivity contribution in [3.05, 3.63) is 35.9 Å². The summed E-state index contributed by atoms with van der Waals surface area (Å²) in [6.07, 6.45) is 2.38. The Balaban J connectivity index is 1.69. The zero-order chi connectivity index (χ0) is 23.1. The Labute approximate surface area is 198 Å². The van der Waals surface area contributed by atoms with Crippen LogP contribution in [0.5, 0.6) is 0 Å². The average molecular weight is 481 g/mol. The Kier molecular flexibility index (Phi) is 8.90. The molecule has 0 aliphatic carbocycles. The first-order chi connectivity index (χ1) is 15.3. The maximum atomic E-state index is 13.4. The molecule has 1 aromatic carbocycles. The SMILES string of the molecule is CCOC(=O)C(CCc1ccccc1)N[C@@H](C)C(=O)N1CC2(CC[C@H]1C(=O)O)SCCS2. The van der Waals surface area contributed by atoms with Crippen LogP contribution in [0.3, 0.4) is 0 Å². The fourth-order valence-corrected chi connectivity index (χ4v) is 7.50. The van der Waals surface area contributed by atoms with Gasteiger partial charge in [-0.15, -0.1) is 23.5 Å². The fourth-order valence-electron chi connectivity index (χ4n) is 4.27. The van der Waals surface area contributed by atoms with Crippen LogP contribution < -0.4 is 5.32 Å². The minimum absolute atomic E-state index is 0.116. The van der Waals surface area contributed by atoms with Crippen molar-refractivity contribution in [1.82, 2.24) is 10.2 Å². The molecule has 0 saturated carbocycles. The van der Waals surface area contributed by atoms with E-state index >= 15 is 0 Å². The van der Waals surface area contributed by atoms with Crippen LogP contribution in [0.15, 0.2) is 30.3 Å². The zero-order valence-corrected chi connectivity index (χ0v) is 20.3.